The van der Waals surface area contributed by atoms with Crippen molar-refractivity contribution in [3.63, 3.8) is 0 Å². The number of hydrogen-bond acceptors (Lipinski definition) is 4. The predicted octanol–water partition coefficient (Wildman–Crippen LogP) is 0.0709. The van der Waals surface area contributed by atoms with E-state index in [1.807, 2.05) is 0 Å². The summed E-state index contributed by atoms with van der Waals surface area (Å²) in [7, 11) is 1.72. The summed E-state index contributed by atoms with van der Waals surface area (Å²) in [4.78, 5) is 2.42. The van der Waals surface area contributed by atoms with Gasteiger partial charge in [0.05, 0.1) is 19.3 Å². The third-order valence-corrected chi connectivity index (χ3v) is 2.86. The summed E-state index contributed by atoms with van der Waals surface area (Å²) in [6, 6.07) is 0.535. The molecule has 0 amide bonds. The smallest absolute Gasteiger partial charge is 0.0820 e. The Bertz CT molecular complexity index is 151. The van der Waals surface area contributed by atoms with Crippen LogP contribution in [0.4, 0.5) is 0 Å². The molecule has 0 radical (unpaired) electrons. The Morgan fingerprint density at radius 2 is 2.43 bits per heavy atom. The van der Waals surface area contributed by atoms with E-state index in [0.29, 0.717) is 12.6 Å². The lowest BCUT2D eigenvalue weighted by Gasteiger charge is -2.36. The fourth-order valence-corrected chi connectivity index (χ4v) is 1.81. The van der Waals surface area contributed by atoms with Crippen molar-refractivity contribution in [1.82, 2.24) is 4.90 Å². The van der Waals surface area contributed by atoms with Gasteiger partial charge < -0.3 is 15.2 Å². The Labute approximate surface area is 86.3 Å². The van der Waals surface area contributed by atoms with Gasteiger partial charge in [-0.3, -0.25) is 4.90 Å². The number of methoxy groups -OCH3 is 1. The first-order valence-corrected chi connectivity index (χ1v) is 5.36. The highest BCUT2D eigenvalue weighted by atomic mass is 16.5. The number of nitrogens with zero attached hydrogens (tertiary/aromatic N) is 1. The number of ether oxygens (including phenoxy) is 2. The van der Waals surface area contributed by atoms with Crippen molar-refractivity contribution in [2.45, 2.75) is 25.5 Å². The van der Waals surface area contributed by atoms with E-state index >= 15 is 0 Å². The van der Waals surface area contributed by atoms with Crippen LogP contribution in [0, 0.1) is 0 Å². The Kier molecular flexibility index (Phi) is 5.40. The molecule has 2 N–H and O–H groups in total. The number of morpholine rings is 1. The van der Waals surface area contributed by atoms with Crippen LogP contribution >= 0.6 is 0 Å². The van der Waals surface area contributed by atoms with Crippen LogP contribution in [0.25, 0.3) is 0 Å². The maximum atomic E-state index is 5.60. The van der Waals surface area contributed by atoms with Gasteiger partial charge in [0.25, 0.3) is 0 Å². The number of rotatable bonds is 5. The average Bonchev–Trinajstić information content (AvgIpc) is 2.26. The van der Waals surface area contributed by atoms with Crippen molar-refractivity contribution in [3.05, 3.63) is 0 Å². The zero-order chi connectivity index (χ0) is 10.4. The van der Waals surface area contributed by atoms with Gasteiger partial charge >= 0.3 is 0 Å². The zero-order valence-electron chi connectivity index (χ0n) is 9.24. The fraction of sp³-hybridized carbons (Fsp3) is 1.00. The molecule has 84 valence electrons. The molecule has 0 aromatic heterocycles. The van der Waals surface area contributed by atoms with Gasteiger partial charge in [0, 0.05) is 32.8 Å². The van der Waals surface area contributed by atoms with Crippen LogP contribution in [0.2, 0.25) is 0 Å². The maximum absolute atomic E-state index is 5.60. The molecule has 4 nitrogen and oxygen atoms in total. The maximum Gasteiger partial charge on any atom is 0.0820 e. The molecular weight excluding hydrogens is 180 g/mol. The summed E-state index contributed by atoms with van der Waals surface area (Å²) < 4.78 is 10.7. The first-order valence-electron chi connectivity index (χ1n) is 5.36. The minimum atomic E-state index is 0.155. The van der Waals surface area contributed by atoms with Gasteiger partial charge in [-0.15, -0.1) is 0 Å². The van der Waals surface area contributed by atoms with Crippen LogP contribution in [0.5, 0.6) is 0 Å². The SMILES string of the molecule is CCC1COCCN1CC(CN)OC. The van der Waals surface area contributed by atoms with Crippen molar-refractivity contribution in [2.24, 2.45) is 5.73 Å². The van der Waals surface area contributed by atoms with Crippen LogP contribution in [0.3, 0.4) is 0 Å². The Morgan fingerprint density at radius 3 is 3.00 bits per heavy atom. The molecule has 0 bridgehead atoms. The second-order valence-electron chi connectivity index (χ2n) is 3.73. The van der Waals surface area contributed by atoms with E-state index in [9.17, 15) is 0 Å². The van der Waals surface area contributed by atoms with E-state index < -0.39 is 0 Å². The lowest BCUT2D eigenvalue weighted by atomic mass is 10.1. The zero-order valence-corrected chi connectivity index (χ0v) is 9.24. The summed E-state index contributed by atoms with van der Waals surface area (Å²) in [5.74, 6) is 0. The molecule has 0 spiro atoms. The molecule has 2 unspecified atom stereocenters. The Morgan fingerprint density at radius 1 is 1.64 bits per heavy atom. The van der Waals surface area contributed by atoms with Crippen molar-refractivity contribution in [2.75, 3.05) is 40.0 Å². The lowest BCUT2D eigenvalue weighted by Crippen LogP contribution is -2.49. The molecule has 14 heavy (non-hydrogen) atoms. The summed E-state index contributed by atoms with van der Waals surface area (Å²) in [5, 5.41) is 0. The molecule has 0 aliphatic carbocycles. The van der Waals surface area contributed by atoms with Gasteiger partial charge in [-0.2, -0.15) is 0 Å². The highest BCUT2D eigenvalue weighted by Crippen LogP contribution is 2.10. The molecule has 1 rings (SSSR count). The Balaban J connectivity index is 2.39. The monoisotopic (exact) mass is 202 g/mol. The van der Waals surface area contributed by atoms with E-state index in [1.54, 1.807) is 7.11 Å². The van der Waals surface area contributed by atoms with Crippen molar-refractivity contribution in [3.8, 4) is 0 Å². The highest BCUT2D eigenvalue weighted by molar-refractivity contribution is 4.77. The number of hydrogen-bond donors (Lipinski definition) is 1. The van der Waals surface area contributed by atoms with Crippen LogP contribution < -0.4 is 5.73 Å². The first kappa shape index (κ1) is 11.9. The third-order valence-electron chi connectivity index (χ3n) is 2.86. The van der Waals surface area contributed by atoms with E-state index in [4.69, 9.17) is 15.2 Å². The molecule has 4 heteroatoms. The number of nitrogens with two attached hydrogens (primary N) is 1. The molecule has 0 aromatic carbocycles. The van der Waals surface area contributed by atoms with Crippen molar-refractivity contribution in [1.29, 1.82) is 0 Å². The average molecular weight is 202 g/mol. The third kappa shape index (κ3) is 3.20. The molecule has 1 heterocycles. The van der Waals surface area contributed by atoms with Crippen LogP contribution in [-0.2, 0) is 9.47 Å². The molecular formula is C10H22N2O2. The predicted molar refractivity (Wildman–Crippen MR) is 56.3 cm³/mol. The van der Waals surface area contributed by atoms with Crippen LogP contribution in [0.15, 0.2) is 0 Å². The molecule has 2 atom stereocenters. The minimum Gasteiger partial charge on any atom is -0.379 e. The molecule has 1 aliphatic heterocycles. The quantitative estimate of drug-likeness (QED) is 0.685. The lowest BCUT2D eigenvalue weighted by molar-refractivity contribution is -0.0328. The standard InChI is InChI=1S/C10H22N2O2/c1-3-9-8-14-5-4-12(9)7-10(6-11)13-2/h9-10H,3-8,11H2,1-2H3. The molecule has 1 fully saturated rings. The van der Waals surface area contributed by atoms with Crippen LogP contribution in [0.1, 0.15) is 13.3 Å². The summed E-state index contributed by atoms with van der Waals surface area (Å²) in [6.07, 6.45) is 1.28. The van der Waals surface area contributed by atoms with Gasteiger partial charge in [-0.05, 0) is 6.42 Å². The van der Waals surface area contributed by atoms with Gasteiger partial charge in [0.15, 0.2) is 0 Å². The highest BCUT2D eigenvalue weighted by Gasteiger charge is 2.23. The largest absolute Gasteiger partial charge is 0.379 e. The summed E-state index contributed by atoms with van der Waals surface area (Å²) in [6.45, 7) is 6.38. The van der Waals surface area contributed by atoms with E-state index in [-0.39, 0.29) is 6.10 Å². The van der Waals surface area contributed by atoms with Crippen molar-refractivity contribution >= 4 is 0 Å². The second-order valence-corrected chi connectivity index (χ2v) is 3.73. The molecule has 1 saturated heterocycles. The summed E-state index contributed by atoms with van der Waals surface area (Å²) in [5.41, 5.74) is 5.60. The Hall–Kier alpha value is -0.160. The first-order chi connectivity index (χ1) is 6.81. The van der Waals surface area contributed by atoms with E-state index in [2.05, 4.69) is 11.8 Å². The van der Waals surface area contributed by atoms with Gasteiger partial charge in [-0.1, -0.05) is 6.92 Å². The molecule has 0 aromatic rings. The second kappa shape index (κ2) is 6.35. The molecule has 0 saturated carbocycles. The topological polar surface area (TPSA) is 47.7 Å². The van der Waals surface area contributed by atoms with E-state index in [1.165, 1.54) is 0 Å². The van der Waals surface area contributed by atoms with Crippen molar-refractivity contribution < 1.29 is 9.47 Å². The van der Waals surface area contributed by atoms with E-state index in [0.717, 1.165) is 32.7 Å². The normalized spacial score (nSPS) is 26.4. The van der Waals surface area contributed by atoms with Gasteiger partial charge in [-0.25, -0.2) is 0 Å². The molecule has 1 aliphatic rings. The van der Waals surface area contributed by atoms with Crippen LogP contribution in [-0.4, -0.2) is 57.0 Å². The fourth-order valence-electron chi connectivity index (χ4n) is 1.81. The van der Waals surface area contributed by atoms with Gasteiger partial charge in [0.2, 0.25) is 0 Å². The minimum absolute atomic E-state index is 0.155. The summed E-state index contributed by atoms with van der Waals surface area (Å²) >= 11 is 0. The van der Waals surface area contributed by atoms with Gasteiger partial charge in [0.1, 0.15) is 0 Å².